The molecule has 2 aromatic rings. The molecule has 0 saturated heterocycles. The Morgan fingerprint density at radius 2 is 1.71 bits per heavy atom. The number of rotatable bonds is 6. The highest BCUT2D eigenvalue weighted by atomic mass is 127. The van der Waals surface area contributed by atoms with Crippen LogP contribution < -0.4 is 20.1 Å². The lowest BCUT2D eigenvalue weighted by Gasteiger charge is -2.12. The van der Waals surface area contributed by atoms with E-state index in [4.69, 9.17) is 9.47 Å². The van der Waals surface area contributed by atoms with Gasteiger partial charge in [0.05, 0.1) is 19.8 Å². The molecule has 28 heavy (non-hydrogen) atoms. The Morgan fingerprint density at radius 1 is 1.00 bits per heavy atom. The maximum absolute atomic E-state index is 13.0. The molecule has 0 atom stereocenters. The first-order chi connectivity index (χ1) is 13.2. The van der Waals surface area contributed by atoms with Gasteiger partial charge in [0.25, 0.3) is 0 Å². The fraction of sp³-hybridized carbons (Fsp3) is 0.381. The van der Waals surface area contributed by atoms with Crippen molar-refractivity contribution < 1.29 is 13.9 Å². The molecule has 3 rings (SSSR count). The number of hydrogen-bond donors (Lipinski definition) is 2. The van der Waals surface area contributed by atoms with Gasteiger partial charge in [-0.05, 0) is 48.7 Å². The number of hydrogen-bond acceptors (Lipinski definition) is 3. The zero-order valence-electron chi connectivity index (χ0n) is 16.0. The van der Waals surface area contributed by atoms with E-state index in [0.717, 1.165) is 54.5 Å². The van der Waals surface area contributed by atoms with Gasteiger partial charge in [0.2, 0.25) is 0 Å². The lowest BCUT2D eigenvalue weighted by atomic mass is 10.1. The third kappa shape index (κ3) is 6.85. The highest BCUT2D eigenvalue weighted by Crippen LogP contribution is 2.30. The summed E-state index contributed by atoms with van der Waals surface area (Å²) in [4.78, 5) is 4.64. The van der Waals surface area contributed by atoms with Crippen LogP contribution in [-0.2, 0) is 13.0 Å². The first-order valence-electron chi connectivity index (χ1n) is 9.40. The number of benzene rings is 2. The largest absolute Gasteiger partial charge is 0.490 e. The van der Waals surface area contributed by atoms with Crippen molar-refractivity contribution in [2.45, 2.75) is 26.3 Å². The molecule has 0 amide bonds. The van der Waals surface area contributed by atoms with Crippen LogP contribution in [0, 0.1) is 5.82 Å². The van der Waals surface area contributed by atoms with Crippen LogP contribution in [0.15, 0.2) is 47.5 Å². The standard InChI is InChI=1S/C21H26FN3O2.HI/c1-2-23-21(24-11-10-16-4-7-18(22)8-5-16)25-15-17-6-9-19-20(14-17)27-13-3-12-26-19;/h4-9,14H,2-3,10-13,15H2,1H3,(H2,23,24,25);1H. The Hall–Kier alpha value is -2.03. The molecule has 2 N–H and O–H groups in total. The molecule has 0 fully saturated rings. The molecule has 7 heteroatoms. The van der Waals surface area contributed by atoms with Gasteiger partial charge in [-0.15, -0.1) is 24.0 Å². The van der Waals surface area contributed by atoms with Gasteiger partial charge in [-0.2, -0.15) is 0 Å². The monoisotopic (exact) mass is 499 g/mol. The molecule has 152 valence electrons. The van der Waals surface area contributed by atoms with E-state index in [0.29, 0.717) is 19.8 Å². The Bertz CT molecular complexity index is 769. The zero-order chi connectivity index (χ0) is 18.9. The molecule has 1 aliphatic rings. The minimum atomic E-state index is -0.211. The lowest BCUT2D eigenvalue weighted by molar-refractivity contribution is 0.297. The molecule has 0 saturated carbocycles. The van der Waals surface area contributed by atoms with Crippen LogP contribution in [0.1, 0.15) is 24.5 Å². The minimum Gasteiger partial charge on any atom is -0.490 e. The first kappa shape index (κ1) is 22.3. The maximum Gasteiger partial charge on any atom is 0.191 e. The van der Waals surface area contributed by atoms with Crippen molar-refractivity contribution in [3.05, 3.63) is 59.4 Å². The number of guanidine groups is 1. The van der Waals surface area contributed by atoms with E-state index >= 15 is 0 Å². The number of halogens is 2. The number of nitrogens with zero attached hydrogens (tertiary/aromatic N) is 1. The molecule has 5 nitrogen and oxygen atoms in total. The average Bonchev–Trinajstić information content (AvgIpc) is 2.92. The van der Waals surface area contributed by atoms with Crippen molar-refractivity contribution in [3.63, 3.8) is 0 Å². The smallest absolute Gasteiger partial charge is 0.191 e. The third-order valence-electron chi connectivity index (χ3n) is 4.20. The molecular weight excluding hydrogens is 472 g/mol. The second-order valence-corrected chi connectivity index (χ2v) is 6.33. The quantitative estimate of drug-likeness (QED) is 0.360. The van der Waals surface area contributed by atoms with Crippen LogP contribution in [0.4, 0.5) is 4.39 Å². The number of ether oxygens (including phenoxy) is 2. The second-order valence-electron chi connectivity index (χ2n) is 6.33. The molecular formula is C21H27FIN3O2. The molecule has 0 unspecified atom stereocenters. The van der Waals surface area contributed by atoms with Gasteiger partial charge in [-0.25, -0.2) is 9.38 Å². The normalized spacial score (nSPS) is 13.3. The van der Waals surface area contributed by atoms with Gasteiger partial charge in [-0.1, -0.05) is 18.2 Å². The Kier molecular flexibility index (Phi) is 9.33. The predicted octanol–water partition coefficient (Wildman–Crippen LogP) is 3.90. The van der Waals surface area contributed by atoms with Crippen LogP contribution in [-0.4, -0.2) is 32.3 Å². The lowest BCUT2D eigenvalue weighted by Crippen LogP contribution is -2.38. The fourth-order valence-electron chi connectivity index (χ4n) is 2.79. The van der Waals surface area contributed by atoms with E-state index in [-0.39, 0.29) is 29.8 Å². The third-order valence-corrected chi connectivity index (χ3v) is 4.20. The van der Waals surface area contributed by atoms with E-state index in [9.17, 15) is 4.39 Å². The van der Waals surface area contributed by atoms with Crippen LogP contribution >= 0.6 is 24.0 Å². The van der Waals surface area contributed by atoms with Gasteiger partial charge >= 0.3 is 0 Å². The van der Waals surface area contributed by atoms with Crippen LogP contribution in [0.25, 0.3) is 0 Å². The summed E-state index contributed by atoms with van der Waals surface area (Å²) in [6.45, 7) is 5.44. The molecule has 1 aliphatic heterocycles. The molecule has 2 aromatic carbocycles. The summed E-state index contributed by atoms with van der Waals surface area (Å²) >= 11 is 0. The van der Waals surface area contributed by atoms with Crippen molar-refractivity contribution >= 4 is 29.9 Å². The number of fused-ring (bicyclic) bond motifs is 1. The number of nitrogens with one attached hydrogen (secondary N) is 2. The van der Waals surface area contributed by atoms with Crippen molar-refractivity contribution in [3.8, 4) is 11.5 Å². The minimum absolute atomic E-state index is 0. The summed E-state index contributed by atoms with van der Waals surface area (Å²) in [7, 11) is 0. The molecule has 0 spiro atoms. The van der Waals surface area contributed by atoms with Crippen LogP contribution in [0.5, 0.6) is 11.5 Å². The van der Waals surface area contributed by atoms with Crippen molar-refractivity contribution in [2.75, 3.05) is 26.3 Å². The first-order valence-corrected chi connectivity index (χ1v) is 9.40. The highest BCUT2D eigenvalue weighted by molar-refractivity contribution is 14.0. The van der Waals surface area contributed by atoms with E-state index in [1.807, 2.05) is 25.1 Å². The summed E-state index contributed by atoms with van der Waals surface area (Å²) < 4.78 is 24.4. The molecule has 0 aliphatic carbocycles. The van der Waals surface area contributed by atoms with Crippen molar-refractivity contribution in [1.29, 1.82) is 0 Å². The van der Waals surface area contributed by atoms with E-state index in [1.165, 1.54) is 12.1 Å². The highest BCUT2D eigenvalue weighted by Gasteiger charge is 2.10. The Morgan fingerprint density at radius 3 is 2.46 bits per heavy atom. The van der Waals surface area contributed by atoms with E-state index in [1.54, 1.807) is 12.1 Å². The van der Waals surface area contributed by atoms with Crippen molar-refractivity contribution in [1.82, 2.24) is 10.6 Å². The topological polar surface area (TPSA) is 54.9 Å². The SMILES string of the molecule is CCNC(=NCc1ccc2c(c1)OCCCO2)NCCc1ccc(F)cc1.I. The fourth-order valence-corrected chi connectivity index (χ4v) is 2.79. The van der Waals surface area contributed by atoms with E-state index < -0.39 is 0 Å². The second kappa shape index (κ2) is 11.7. The molecule has 0 aromatic heterocycles. The van der Waals surface area contributed by atoms with Crippen molar-refractivity contribution in [2.24, 2.45) is 4.99 Å². The molecule has 0 bridgehead atoms. The maximum atomic E-state index is 13.0. The summed E-state index contributed by atoms with van der Waals surface area (Å²) in [5.74, 6) is 2.13. The average molecular weight is 499 g/mol. The predicted molar refractivity (Wildman–Crippen MR) is 120 cm³/mol. The Labute approximate surface area is 182 Å². The molecule has 0 radical (unpaired) electrons. The van der Waals surface area contributed by atoms with Gasteiger partial charge in [0, 0.05) is 19.5 Å². The molecule has 1 heterocycles. The number of aliphatic imine (C=N–C) groups is 1. The van der Waals surface area contributed by atoms with Crippen LogP contribution in [0.2, 0.25) is 0 Å². The van der Waals surface area contributed by atoms with Gasteiger partial charge in [0.15, 0.2) is 17.5 Å². The van der Waals surface area contributed by atoms with E-state index in [2.05, 4.69) is 15.6 Å². The van der Waals surface area contributed by atoms with Gasteiger partial charge in [-0.3, -0.25) is 0 Å². The summed E-state index contributed by atoms with van der Waals surface area (Å²) in [6.07, 6.45) is 1.69. The summed E-state index contributed by atoms with van der Waals surface area (Å²) in [6, 6.07) is 12.5. The Balaban J connectivity index is 0.00000280. The van der Waals surface area contributed by atoms with Crippen LogP contribution in [0.3, 0.4) is 0 Å². The summed E-state index contributed by atoms with van der Waals surface area (Å²) in [5, 5.41) is 6.56. The van der Waals surface area contributed by atoms with Gasteiger partial charge in [0.1, 0.15) is 5.82 Å². The zero-order valence-corrected chi connectivity index (χ0v) is 18.4. The van der Waals surface area contributed by atoms with Gasteiger partial charge < -0.3 is 20.1 Å². The summed E-state index contributed by atoms with van der Waals surface area (Å²) in [5.41, 5.74) is 2.15.